The summed E-state index contributed by atoms with van der Waals surface area (Å²) in [5.41, 5.74) is -1.61. The molecular formula is C22H32O6. The molecular weight excluding hydrogens is 360 g/mol. The van der Waals surface area contributed by atoms with E-state index in [9.17, 15) is 24.9 Å². The quantitative estimate of drug-likeness (QED) is 0.463. The van der Waals surface area contributed by atoms with Crippen molar-refractivity contribution in [3.63, 3.8) is 0 Å². The zero-order valence-electron chi connectivity index (χ0n) is 17.1. The minimum atomic E-state index is -0.983. The lowest BCUT2D eigenvalue weighted by Crippen LogP contribution is -2.69. The van der Waals surface area contributed by atoms with E-state index in [1.165, 1.54) is 6.92 Å². The molecule has 0 unspecified atom stereocenters. The Hall–Kier alpha value is -1.24. The predicted octanol–water partition coefficient (Wildman–Crippen LogP) is 1.61. The number of aliphatic hydroxyl groups excluding tert-OH is 3. The van der Waals surface area contributed by atoms with Crippen molar-refractivity contribution in [1.29, 1.82) is 0 Å². The minimum absolute atomic E-state index is 0.0983. The van der Waals surface area contributed by atoms with Crippen molar-refractivity contribution in [2.24, 2.45) is 34.0 Å². The van der Waals surface area contributed by atoms with Crippen LogP contribution in [0.5, 0.6) is 0 Å². The number of rotatable bonds is 1. The normalized spacial score (nSPS) is 52.0. The summed E-state index contributed by atoms with van der Waals surface area (Å²) in [6.45, 7) is 11.2. The van der Waals surface area contributed by atoms with Gasteiger partial charge in [-0.3, -0.25) is 9.59 Å². The second kappa shape index (κ2) is 5.89. The molecule has 4 fully saturated rings. The van der Waals surface area contributed by atoms with E-state index >= 15 is 0 Å². The topological polar surface area (TPSA) is 104 Å². The van der Waals surface area contributed by atoms with Gasteiger partial charge in [-0.1, -0.05) is 27.4 Å². The summed E-state index contributed by atoms with van der Waals surface area (Å²) in [5.74, 6) is -1.72. The molecule has 6 heteroatoms. The summed E-state index contributed by atoms with van der Waals surface area (Å²) in [6, 6.07) is 0. The van der Waals surface area contributed by atoms with Crippen LogP contribution in [-0.2, 0) is 14.3 Å². The number of ketones is 1. The van der Waals surface area contributed by atoms with Crippen LogP contribution in [0.1, 0.15) is 53.4 Å². The number of carbonyl (C=O) groups excluding carboxylic acids is 2. The van der Waals surface area contributed by atoms with Crippen LogP contribution in [0.4, 0.5) is 0 Å². The van der Waals surface area contributed by atoms with E-state index in [4.69, 9.17) is 4.74 Å². The molecule has 4 aliphatic rings. The highest BCUT2D eigenvalue weighted by Crippen LogP contribution is 2.71. The van der Waals surface area contributed by atoms with Gasteiger partial charge in [0.25, 0.3) is 0 Å². The summed E-state index contributed by atoms with van der Waals surface area (Å²) >= 11 is 0. The Morgan fingerprint density at radius 1 is 1.14 bits per heavy atom. The van der Waals surface area contributed by atoms with Crippen LogP contribution in [0.3, 0.4) is 0 Å². The fourth-order valence-electron chi connectivity index (χ4n) is 7.88. The Kier molecular flexibility index (Phi) is 4.22. The highest BCUT2D eigenvalue weighted by molar-refractivity contribution is 6.03. The molecule has 0 aromatic heterocycles. The Labute approximate surface area is 166 Å². The molecule has 0 radical (unpaired) electrons. The first-order valence-electron chi connectivity index (χ1n) is 10.3. The number of Topliss-reactive ketones (excluding diaryl/α,β-unsaturated/α-hetero) is 1. The van der Waals surface area contributed by atoms with E-state index < -0.39 is 58.5 Å². The molecule has 4 rings (SSSR count). The smallest absolute Gasteiger partial charge is 0.303 e. The second-order valence-corrected chi connectivity index (χ2v) is 10.5. The molecule has 4 aliphatic carbocycles. The van der Waals surface area contributed by atoms with Gasteiger partial charge in [-0.15, -0.1) is 0 Å². The number of ether oxygens (including phenoxy) is 1. The second-order valence-electron chi connectivity index (χ2n) is 10.5. The largest absolute Gasteiger partial charge is 0.459 e. The molecule has 6 nitrogen and oxygen atoms in total. The number of hydrogen-bond donors (Lipinski definition) is 3. The maximum absolute atomic E-state index is 13.4. The minimum Gasteiger partial charge on any atom is -0.459 e. The van der Waals surface area contributed by atoms with E-state index in [2.05, 4.69) is 6.58 Å². The van der Waals surface area contributed by atoms with Gasteiger partial charge >= 0.3 is 5.97 Å². The van der Waals surface area contributed by atoms with Crippen LogP contribution < -0.4 is 0 Å². The van der Waals surface area contributed by atoms with Crippen molar-refractivity contribution < 1.29 is 29.6 Å². The molecule has 0 saturated heterocycles. The van der Waals surface area contributed by atoms with Crippen LogP contribution in [0.25, 0.3) is 0 Å². The summed E-state index contributed by atoms with van der Waals surface area (Å²) in [4.78, 5) is 25.3. The van der Waals surface area contributed by atoms with Gasteiger partial charge in [0, 0.05) is 24.2 Å². The number of aliphatic hydroxyl groups is 3. The lowest BCUT2D eigenvalue weighted by atomic mass is 9.39. The van der Waals surface area contributed by atoms with Crippen molar-refractivity contribution in [2.45, 2.75) is 77.8 Å². The summed E-state index contributed by atoms with van der Waals surface area (Å²) < 4.78 is 5.66. The third-order valence-electron chi connectivity index (χ3n) is 8.75. The Balaban J connectivity index is 1.91. The van der Waals surface area contributed by atoms with Crippen LogP contribution in [0, 0.1) is 34.0 Å². The lowest BCUT2D eigenvalue weighted by Gasteiger charge is -2.66. The molecule has 28 heavy (non-hydrogen) atoms. The first-order chi connectivity index (χ1) is 12.9. The van der Waals surface area contributed by atoms with Gasteiger partial charge in [-0.25, -0.2) is 0 Å². The van der Waals surface area contributed by atoms with Gasteiger partial charge < -0.3 is 20.1 Å². The van der Waals surface area contributed by atoms with Crippen molar-refractivity contribution in [3.8, 4) is 0 Å². The van der Waals surface area contributed by atoms with Gasteiger partial charge in [0.05, 0.1) is 18.3 Å². The van der Waals surface area contributed by atoms with Gasteiger partial charge in [-0.2, -0.15) is 0 Å². The summed E-state index contributed by atoms with van der Waals surface area (Å²) in [7, 11) is 0. The van der Waals surface area contributed by atoms with Crippen molar-refractivity contribution in [1.82, 2.24) is 0 Å². The SMILES string of the molecule is C=C1C(=O)[C@]23C[C@H]1[C@@H](O)[C@H](OC(C)=O)[C@H]2[C@]1(C)CC[C@H](O)C(C)(C)[C@H]1[C@@H](O)C3. The molecule has 3 N–H and O–H groups in total. The third kappa shape index (κ3) is 2.25. The zero-order chi connectivity index (χ0) is 20.8. The Morgan fingerprint density at radius 2 is 1.79 bits per heavy atom. The number of esters is 1. The van der Waals surface area contributed by atoms with Gasteiger partial charge in [0.15, 0.2) is 5.78 Å². The lowest BCUT2D eigenvalue weighted by molar-refractivity contribution is -0.258. The van der Waals surface area contributed by atoms with E-state index in [0.29, 0.717) is 24.8 Å². The molecule has 0 amide bonds. The molecule has 0 aliphatic heterocycles. The third-order valence-corrected chi connectivity index (χ3v) is 8.75. The standard InChI is InChI=1S/C22H32O6/c1-10-12-8-22(19(10)27)9-13(24)17-20(3,4)14(25)6-7-21(17,5)18(22)16(15(12)26)28-11(2)23/h12-18,24-26H,1,6-9H2,2-5H3/t12-,13+,14+,15-,16+,17-,18+,21-,22+/m1/s1. The molecule has 0 aromatic carbocycles. The van der Waals surface area contributed by atoms with Gasteiger partial charge in [0.1, 0.15) is 6.10 Å². The molecule has 0 heterocycles. The van der Waals surface area contributed by atoms with E-state index in [0.717, 1.165) is 0 Å². The van der Waals surface area contributed by atoms with Crippen LogP contribution in [0.2, 0.25) is 0 Å². The fourth-order valence-corrected chi connectivity index (χ4v) is 7.88. The highest BCUT2D eigenvalue weighted by atomic mass is 16.6. The molecule has 1 spiro atoms. The summed E-state index contributed by atoms with van der Waals surface area (Å²) in [5, 5.41) is 33.0. The molecule has 0 aromatic rings. The number of hydrogen-bond acceptors (Lipinski definition) is 6. The van der Waals surface area contributed by atoms with E-state index in [1.54, 1.807) is 0 Å². The Morgan fingerprint density at radius 3 is 2.39 bits per heavy atom. The van der Waals surface area contributed by atoms with Crippen LogP contribution in [-0.4, -0.2) is 51.5 Å². The maximum atomic E-state index is 13.4. The van der Waals surface area contributed by atoms with Gasteiger partial charge in [0.2, 0.25) is 0 Å². The zero-order valence-corrected chi connectivity index (χ0v) is 17.1. The monoisotopic (exact) mass is 392 g/mol. The highest BCUT2D eigenvalue weighted by Gasteiger charge is 2.74. The summed E-state index contributed by atoms with van der Waals surface area (Å²) in [6.07, 6.45) is -1.27. The molecule has 4 saturated carbocycles. The predicted molar refractivity (Wildman–Crippen MR) is 101 cm³/mol. The molecule has 156 valence electrons. The number of carbonyl (C=O) groups is 2. The van der Waals surface area contributed by atoms with Gasteiger partial charge in [-0.05, 0) is 48.0 Å². The maximum Gasteiger partial charge on any atom is 0.303 e. The van der Waals surface area contributed by atoms with Crippen LogP contribution >= 0.6 is 0 Å². The van der Waals surface area contributed by atoms with Crippen molar-refractivity contribution in [3.05, 3.63) is 12.2 Å². The van der Waals surface area contributed by atoms with Crippen molar-refractivity contribution >= 4 is 11.8 Å². The average molecular weight is 392 g/mol. The van der Waals surface area contributed by atoms with Crippen LogP contribution in [0.15, 0.2) is 12.2 Å². The van der Waals surface area contributed by atoms with Crippen molar-refractivity contribution in [2.75, 3.05) is 0 Å². The van der Waals surface area contributed by atoms with E-state index in [1.807, 2.05) is 20.8 Å². The fraction of sp³-hybridized carbons (Fsp3) is 0.818. The number of fused-ring (bicyclic) bond motifs is 3. The van der Waals surface area contributed by atoms with E-state index in [-0.39, 0.29) is 18.1 Å². The Bertz CT molecular complexity index is 743. The molecule has 2 bridgehead atoms. The first kappa shape index (κ1) is 20.0. The average Bonchev–Trinajstić information content (AvgIpc) is 2.78. The first-order valence-corrected chi connectivity index (χ1v) is 10.3. The molecule has 9 atom stereocenters.